The van der Waals surface area contributed by atoms with Gasteiger partial charge in [0.05, 0.1) is 20.5 Å². The number of carbonyl (C=O) groups excluding carboxylic acids is 1. The third-order valence-corrected chi connectivity index (χ3v) is 5.46. The molecule has 0 aliphatic rings. The molecule has 1 aromatic heterocycles. The lowest BCUT2D eigenvalue weighted by molar-refractivity contribution is -0.111. The van der Waals surface area contributed by atoms with Crippen molar-refractivity contribution in [3.63, 3.8) is 0 Å². The second kappa shape index (κ2) is 9.02. The van der Waals surface area contributed by atoms with E-state index >= 15 is 0 Å². The predicted molar refractivity (Wildman–Crippen MR) is 128 cm³/mol. The summed E-state index contributed by atoms with van der Waals surface area (Å²) >= 11 is 0. The molecule has 0 aliphatic carbocycles. The molecule has 1 amide bonds. The smallest absolute Gasteiger partial charge is 0.248 e. The Kier molecular flexibility index (Phi) is 5.99. The molecule has 0 fully saturated rings. The molecule has 0 atom stereocenters. The Morgan fingerprint density at radius 3 is 2.38 bits per heavy atom. The maximum Gasteiger partial charge on any atom is 0.248 e. The van der Waals surface area contributed by atoms with Crippen molar-refractivity contribution in [3.05, 3.63) is 84.1 Å². The minimum Gasteiger partial charge on any atom is -0.497 e. The lowest BCUT2D eigenvalue weighted by Crippen LogP contribution is -2.08. The number of amides is 1. The summed E-state index contributed by atoms with van der Waals surface area (Å²) < 4.78 is 16.8. The Labute approximate surface area is 187 Å². The van der Waals surface area contributed by atoms with Crippen LogP contribution in [-0.4, -0.2) is 20.1 Å². The SMILES string of the molecule is COc1ccc(NC(=O)/C=C(\C)c2cc3c(-c4ccccc4)coc3c(C)c2OC)cc1. The van der Waals surface area contributed by atoms with Crippen LogP contribution < -0.4 is 14.8 Å². The van der Waals surface area contributed by atoms with E-state index in [4.69, 9.17) is 13.9 Å². The summed E-state index contributed by atoms with van der Waals surface area (Å²) in [4.78, 5) is 12.7. The molecule has 0 radical (unpaired) electrons. The average Bonchev–Trinajstić information content (AvgIpc) is 3.24. The lowest BCUT2D eigenvalue weighted by Gasteiger charge is -2.13. The topological polar surface area (TPSA) is 60.7 Å². The summed E-state index contributed by atoms with van der Waals surface area (Å²) in [7, 11) is 3.23. The van der Waals surface area contributed by atoms with Gasteiger partial charge in [-0.15, -0.1) is 0 Å². The van der Waals surface area contributed by atoms with Gasteiger partial charge in [-0.2, -0.15) is 0 Å². The van der Waals surface area contributed by atoms with Gasteiger partial charge in [0.25, 0.3) is 0 Å². The number of anilines is 1. The Morgan fingerprint density at radius 2 is 1.72 bits per heavy atom. The highest BCUT2D eigenvalue weighted by Gasteiger charge is 2.18. The molecule has 3 aromatic carbocycles. The largest absolute Gasteiger partial charge is 0.497 e. The van der Waals surface area contributed by atoms with Crippen LogP contribution in [0.25, 0.3) is 27.7 Å². The molecule has 0 saturated carbocycles. The van der Waals surface area contributed by atoms with Gasteiger partial charge in [-0.05, 0) is 55.3 Å². The molecule has 4 rings (SSSR count). The number of aryl methyl sites for hydroxylation is 1. The maximum atomic E-state index is 12.7. The predicted octanol–water partition coefficient (Wildman–Crippen LogP) is 6.47. The van der Waals surface area contributed by atoms with E-state index in [1.165, 1.54) is 0 Å². The van der Waals surface area contributed by atoms with Crippen molar-refractivity contribution in [2.24, 2.45) is 0 Å². The van der Waals surface area contributed by atoms with Crippen LogP contribution in [0.3, 0.4) is 0 Å². The molecule has 32 heavy (non-hydrogen) atoms. The number of hydrogen-bond donors (Lipinski definition) is 1. The first-order chi connectivity index (χ1) is 15.5. The van der Waals surface area contributed by atoms with Gasteiger partial charge >= 0.3 is 0 Å². The molecule has 1 N–H and O–H groups in total. The van der Waals surface area contributed by atoms with E-state index < -0.39 is 0 Å². The first-order valence-electron chi connectivity index (χ1n) is 10.3. The summed E-state index contributed by atoms with van der Waals surface area (Å²) in [6, 6.07) is 19.3. The quantitative estimate of drug-likeness (QED) is 0.358. The molecule has 5 heteroatoms. The van der Waals surface area contributed by atoms with Crippen LogP contribution in [0.5, 0.6) is 11.5 Å². The fourth-order valence-corrected chi connectivity index (χ4v) is 3.84. The molecule has 0 bridgehead atoms. The fraction of sp³-hybridized carbons (Fsp3) is 0.148. The van der Waals surface area contributed by atoms with Crippen molar-refractivity contribution >= 4 is 28.1 Å². The number of ether oxygens (including phenoxy) is 2. The maximum absolute atomic E-state index is 12.7. The second-order valence-electron chi connectivity index (χ2n) is 7.52. The third kappa shape index (κ3) is 4.10. The van der Waals surface area contributed by atoms with Gasteiger partial charge in [-0.1, -0.05) is 30.3 Å². The second-order valence-corrected chi connectivity index (χ2v) is 7.52. The van der Waals surface area contributed by atoms with Crippen molar-refractivity contribution in [3.8, 4) is 22.6 Å². The fourth-order valence-electron chi connectivity index (χ4n) is 3.84. The zero-order valence-corrected chi connectivity index (χ0v) is 18.6. The number of fused-ring (bicyclic) bond motifs is 1. The van der Waals surface area contributed by atoms with Crippen LogP contribution in [0.4, 0.5) is 5.69 Å². The third-order valence-electron chi connectivity index (χ3n) is 5.46. The van der Waals surface area contributed by atoms with E-state index in [-0.39, 0.29) is 5.91 Å². The summed E-state index contributed by atoms with van der Waals surface area (Å²) in [5.41, 5.74) is 6.08. The van der Waals surface area contributed by atoms with Gasteiger partial charge in [0.2, 0.25) is 5.91 Å². The van der Waals surface area contributed by atoms with Gasteiger partial charge in [0, 0.05) is 33.8 Å². The number of rotatable bonds is 6. The minimum atomic E-state index is -0.219. The first-order valence-corrected chi connectivity index (χ1v) is 10.3. The normalized spacial score (nSPS) is 11.4. The molecule has 0 spiro atoms. The number of furan rings is 1. The Hall–Kier alpha value is -3.99. The van der Waals surface area contributed by atoms with Gasteiger partial charge in [0.1, 0.15) is 17.1 Å². The zero-order chi connectivity index (χ0) is 22.7. The highest BCUT2D eigenvalue weighted by atomic mass is 16.5. The van der Waals surface area contributed by atoms with Crippen LogP contribution in [0.2, 0.25) is 0 Å². The summed E-state index contributed by atoms with van der Waals surface area (Å²) in [6.45, 7) is 3.87. The van der Waals surface area contributed by atoms with E-state index in [0.29, 0.717) is 11.4 Å². The molecular formula is C27H25NO4. The Morgan fingerprint density at radius 1 is 1.00 bits per heavy atom. The van der Waals surface area contributed by atoms with E-state index in [2.05, 4.69) is 17.4 Å². The van der Waals surface area contributed by atoms with Gasteiger partial charge in [-0.3, -0.25) is 4.79 Å². The minimum absolute atomic E-state index is 0.219. The number of carbonyl (C=O) groups is 1. The molecule has 0 saturated heterocycles. The molecule has 4 aromatic rings. The Balaban J connectivity index is 1.72. The summed E-state index contributed by atoms with van der Waals surface area (Å²) in [5.74, 6) is 1.21. The van der Waals surface area contributed by atoms with Gasteiger partial charge in [-0.25, -0.2) is 0 Å². The van der Waals surface area contributed by atoms with Crippen molar-refractivity contribution in [1.29, 1.82) is 0 Å². The molecular weight excluding hydrogens is 402 g/mol. The van der Waals surface area contributed by atoms with Crippen molar-refractivity contribution < 1.29 is 18.7 Å². The van der Waals surface area contributed by atoms with E-state index in [1.807, 2.05) is 38.1 Å². The average molecular weight is 428 g/mol. The van der Waals surface area contributed by atoms with E-state index in [1.54, 1.807) is 50.8 Å². The molecule has 5 nitrogen and oxygen atoms in total. The van der Waals surface area contributed by atoms with Crippen LogP contribution in [0.1, 0.15) is 18.1 Å². The number of hydrogen-bond acceptors (Lipinski definition) is 4. The number of benzene rings is 3. The van der Waals surface area contributed by atoms with Gasteiger partial charge < -0.3 is 19.2 Å². The van der Waals surface area contributed by atoms with Crippen LogP contribution >= 0.6 is 0 Å². The molecule has 162 valence electrons. The zero-order valence-electron chi connectivity index (χ0n) is 18.6. The molecule has 0 unspecified atom stereocenters. The standard InChI is InChI=1S/C27H25NO4/c1-17(14-25(29)28-20-10-12-21(30-3)13-11-20)22-15-23-24(19-8-6-5-7-9-19)16-32-27(23)18(2)26(22)31-4/h5-16H,1-4H3,(H,28,29)/b17-14+. The highest BCUT2D eigenvalue weighted by molar-refractivity contribution is 6.06. The monoisotopic (exact) mass is 427 g/mol. The lowest BCUT2D eigenvalue weighted by atomic mass is 9.96. The van der Waals surface area contributed by atoms with E-state index in [9.17, 15) is 4.79 Å². The van der Waals surface area contributed by atoms with Crippen molar-refractivity contribution in [2.75, 3.05) is 19.5 Å². The van der Waals surface area contributed by atoms with Gasteiger partial charge in [0.15, 0.2) is 0 Å². The van der Waals surface area contributed by atoms with Crippen LogP contribution in [0, 0.1) is 6.92 Å². The summed E-state index contributed by atoms with van der Waals surface area (Å²) in [5, 5.41) is 3.86. The molecule has 0 aliphatic heterocycles. The summed E-state index contributed by atoms with van der Waals surface area (Å²) in [6.07, 6.45) is 3.35. The van der Waals surface area contributed by atoms with E-state index in [0.717, 1.165) is 44.5 Å². The molecule has 1 heterocycles. The highest BCUT2D eigenvalue weighted by Crippen LogP contribution is 2.40. The van der Waals surface area contributed by atoms with Crippen LogP contribution in [0.15, 0.2) is 77.4 Å². The Bertz CT molecular complexity index is 1280. The van der Waals surface area contributed by atoms with Crippen LogP contribution in [-0.2, 0) is 4.79 Å². The number of nitrogens with one attached hydrogen (secondary N) is 1. The van der Waals surface area contributed by atoms with Crippen molar-refractivity contribution in [2.45, 2.75) is 13.8 Å². The number of methoxy groups -OCH3 is 2. The van der Waals surface area contributed by atoms with Crippen molar-refractivity contribution in [1.82, 2.24) is 0 Å². The first kappa shape index (κ1) is 21.2. The number of allylic oxidation sites excluding steroid dienone is 1.